The largest absolute Gasteiger partial charge is 0.381 e. The molecule has 23 heavy (non-hydrogen) atoms. The van der Waals surface area contributed by atoms with E-state index in [2.05, 4.69) is 22.5 Å². The minimum atomic E-state index is -2.81. The Hall–Kier alpha value is -0.0900. The monoisotopic (exact) mass is 461 g/mol. The van der Waals surface area contributed by atoms with E-state index in [1.807, 2.05) is 6.92 Å². The van der Waals surface area contributed by atoms with Gasteiger partial charge in [0.05, 0.1) is 11.5 Å². The molecule has 0 aliphatic carbocycles. The van der Waals surface area contributed by atoms with E-state index in [-0.39, 0.29) is 35.6 Å². The molecule has 1 atom stereocenters. The zero-order valence-corrected chi connectivity index (χ0v) is 17.5. The van der Waals surface area contributed by atoms with Gasteiger partial charge in [-0.05, 0) is 32.1 Å². The highest BCUT2D eigenvalue weighted by molar-refractivity contribution is 14.0. The van der Waals surface area contributed by atoms with Crippen molar-refractivity contribution < 1.29 is 13.2 Å². The minimum absolute atomic E-state index is 0. The molecule has 0 aromatic carbocycles. The molecule has 1 fully saturated rings. The van der Waals surface area contributed by atoms with Crippen LogP contribution in [0, 0.1) is 5.92 Å². The van der Waals surface area contributed by atoms with Gasteiger partial charge in [-0.15, -0.1) is 24.0 Å². The van der Waals surface area contributed by atoms with Crippen LogP contribution in [0.15, 0.2) is 4.99 Å². The third kappa shape index (κ3) is 11.1. The number of aliphatic imine (C=N–C) groups is 1. The lowest BCUT2D eigenvalue weighted by Crippen LogP contribution is -2.38. The number of ether oxygens (including phenoxy) is 1. The molecule has 1 aliphatic heterocycles. The molecule has 0 spiro atoms. The van der Waals surface area contributed by atoms with Crippen LogP contribution in [0.2, 0.25) is 0 Å². The van der Waals surface area contributed by atoms with Crippen LogP contribution in [0.5, 0.6) is 0 Å². The summed E-state index contributed by atoms with van der Waals surface area (Å²) in [5, 5.41) is 6.45. The predicted octanol–water partition coefficient (Wildman–Crippen LogP) is 1.80. The highest BCUT2D eigenvalue weighted by Gasteiger charge is 2.27. The Morgan fingerprint density at radius 1 is 1.22 bits per heavy atom. The zero-order chi connectivity index (χ0) is 16.3. The van der Waals surface area contributed by atoms with E-state index in [9.17, 15) is 8.42 Å². The summed E-state index contributed by atoms with van der Waals surface area (Å²) in [6, 6.07) is 0. The van der Waals surface area contributed by atoms with Crippen molar-refractivity contribution in [1.29, 1.82) is 0 Å². The van der Waals surface area contributed by atoms with E-state index in [0.29, 0.717) is 12.3 Å². The molecule has 8 heteroatoms. The fraction of sp³-hybridized carbons (Fsp3) is 0.933. The van der Waals surface area contributed by atoms with Gasteiger partial charge in [0.2, 0.25) is 0 Å². The lowest BCUT2D eigenvalue weighted by molar-refractivity contribution is 0.129. The first-order chi connectivity index (χ1) is 10.6. The summed E-state index contributed by atoms with van der Waals surface area (Å²) in [5.41, 5.74) is 0. The maximum atomic E-state index is 11.4. The first-order valence-corrected chi connectivity index (χ1v) is 10.2. The van der Waals surface area contributed by atoms with Crippen molar-refractivity contribution in [1.82, 2.24) is 10.6 Å². The van der Waals surface area contributed by atoms with Crippen LogP contribution >= 0.6 is 24.0 Å². The lowest BCUT2D eigenvalue weighted by atomic mass is 10.1. The van der Waals surface area contributed by atoms with Crippen LogP contribution in [0.4, 0.5) is 0 Å². The van der Waals surface area contributed by atoms with Gasteiger partial charge in [-0.3, -0.25) is 4.99 Å². The van der Waals surface area contributed by atoms with Crippen molar-refractivity contribution in [2.75, 3.05) is 44.4 Å². The molecule has 2 N–H and O–H groups in total. The average molecular weight is 461 g/mol. The molecule has 0 aromatic rings. The summed E-state index contributed by atoms with van der Waals surface area (Å²) in [5.74, 6) is 1.52. The Morgan fingerprint density at radius 2 is 1.96 bits per heavy atom. The molecule has 138 valence electrons. The van der Waals surface area contributed by atoms with Crippen molar-refractivity contribution in [2.24, 2.45) is 10.9 Å². The van der Waals surface area contributed by atoms with Crippen LogP contribution in [-0.4, -0.2) is 58.7 Å². The van der Waals surface area contributed by atoms with Gasteiger partial charge < -0.3 is 15.4 Å². The molecular formula is C15H32IN3O3S. The third-order valence-electron chi connectivity index (χ3n) is 3.58. The number of nitrogens with zero attached hydrogens (tertiary/aromatic N) is 1. The summed E-state index contributed by atoms with van der Waals surface area (Å²) >= 11 is 0. The highest BCUT2D eigenvalue weighted by atomic mass is 127. The number of unbranched alkanes of at least 4 members (excludes halogenated alkanes) is 1. The molecule has 1 unspecified atom stereocenters. The number of nitrogens with one attached hydrogen (secondary N) is 2. The second kappa shape index (κ2) is 13.2. The van der Waals surface area contributed by atoms with E-state index < -0.39 is 9.84 Å². The van der Waals surface area contributed by atoms with Crippen molar-refractivity contribution in [3.05, 3.63) is 0 Å². The smallest absolute Gasteiger partial charge is 0.191 e. The van der Waals surface area contributed by atoms with Gasteiger partial charge in [0.1, 0.15) is 0 Å². The Kier molecular flexibility index (Phi) is 13.2. The lowest BCUT2D eigenvalue weighted by Gasteiger charge is -2.12. The van der Waals surface area contributed by atoms with Gasteiger partial charge in [0.25, 0.3) is 0 Å². The van der Waals surface area contributed by atoms with E-state index >= 15 is 0 Å². The molecule has 0 saturated carbocycles. The second-order valence-corrected chi connectivity index (χ2v) is 7.96. The van der Waals surface area contributed by atoms with Gasteiger partial charge in [-0.2, -0.15) is 0 Å². The van der Waals surface area contributed by atoms with Crippen LogP contribution < -0.4 is 10.6 Å². The van der Waals surface area contributed by atoms with Crippen molar-refractivity contribution in [3.8, 4) is 0 Å². The van der Waals surface area contributed by atoms with Crippen molar-refractivity contribution in [2.45, 2.75) is 39.5 Å². The fourth-order valence-corrected chi connectivity index (χ4v) is 4.16. The molecule has 1 saturated heterocycles. The Balaban J connectivity index is 0.00000484. The number of halogens is 1. The van der Waals surface area contributed by atoms with E-state index in [0.717, 1.165) is 57.9 Å². The molecular weight excluding hydrogens is 429 g/mol. The highest BCUT2D eigenvalue weighted by Crippen LogP contribution is 2.18. The molecule has 1 rings (SSSR count). The summed E-state index contributed by atoms with van der Waals surface area (Å²) in [6.45, 7) is 7.93. The molecule has 0 radical (unpaired) electrons. The van der Waals surface area contributed by atoms with Gasteiger partial charge in [-0.25, -0.2) is 8.42 Å². The fourth-order valence-electron chi connectivity index (χ4n) is 2.31. The Labute approximate surface area is 158 Å². The maximum Gasteiger partial charge on any atom is 0.191 e. The number of guanidine groups is 1. The zero-order valence-electron chi connectivity index (χ0n) is 14.3. The molecule has 0 aromatic heterocycles. The van der Waals surface area contributed by atoms with E-state index in [4.69, 9.17) is 4.74 Å². The molecule has 1 aliphatic rings. The van der Waals surface area contributed by atoms with E-state index in [1.54, 1.807) is 0 Å². The Morgan fingerprint density at radius 3 is 2.57 bits per heavy atom. The third-order valence-corrected chi connectivity index (χ3v) is 5.42. The summed E-state index contributed by atoms with van der Waals surface area (Å²) < 4.78 is 28.4. The number of sulfone groups is 1. The van der Waals surface area contributed by atoms with E-state index in [1.165, 1.54) is 0 Å². The van der Waals surface area contributed by atoms with Gasteiger partial charge in [0, 0.05) is 32.8 Å². The van der Waals surface area contributed by atoms with Crippen LogP contribution in [-0.2, 0) is 14.6 Å². The summed E-state index contributed by atoms with van der Waals surface area (Å²) in [6.07, 6.45) is 3.94. The van der Waals surface area contributed by atoms with Crippen molar-refractivity contribution in [3.63, 3.8) is 0 Å². The molecule has 6 nitrogen and oxygen atoms in total. The number of hydrogen-bond donors (Lipinski definition) is 2. The Bertz CT molecular complexity index is 430. The molecule has 1 heterocycles. The van der Waals surface area contributed by atoms with Crippen molar-refractivity contribution >= 4 is 39.8 Å². The normalized spacial score (nSPS) is 20.1. The predicted molar refractivity (Wildman–Crippen MR) is 107 cm³/mol. The van der Waals surface area contributed by atoms with Crippen LogP contribution in [0.25, 0.3) is 0 Å². The summed E-state index contributed by atoms with van der Waals surface area (Å²) in [4.78, 5) is 4.50. The first kappa shape index (κ1) is 22.9. The average Bonchev–Trinajstić information content (AvgIpc) is 2.83. The molecule has 0 bridgehead atoms. The van der Waals surface area contributed by atoms with Crippen LogP contribution in [0.3, 0.4) is 0 Å². The minimum Gasteiger partial charge on any atom is -0.381 e. The van der Waals surface area contributed by atoms with Gasteiger partial charge in [-0.1, -0.05) is 13.3 Å². The maximum absolute atomic E-state index is 11.4. The SMILES string of the molecule is CCCCOCCCNC(=NCC1CCS(=O)(=O)C1)NCC.I. The van der Waals surface area contributed by atoms with Gasteiger partial charge >= 0.3 is 0 Å². The van der Waals surface area contributed by atoms with Gasteiger partial charge in [0.15, 0.2) is 15.8 Å². The van der Waals surface area contributed by atoms with Crippen LogP contribution in [0.1, 0.15) is 39.5 Å². The first-order valence-electron chi connectivity index (χ1n) is 8.37. The summed E-state index contributed by atoms with van der Waals surface area (Å²) in [7, 11) is -2.81. The quantitative estimate of drug-likeness (QED) is 0.225. The topological polar surface area (TPSA) is 79.8 Å². The standard InChI is InChI=1S/C15H31N3O3S.HI/c1-3-5-9-21-10-6-8-17-15(16-4-2)18-12-14-7-11-22(19,20)13-14;/h14H,3-13H2,1-2H3,(H2,16,17,18);1H. The number of rotatable bonds is 10. The second-order valence-electron chi connectivity index (χ2n) is 5.73. The number of hydrogen-bond acceptors (Lipinski definition) is 4. The molecule has 0 amide bonds.